The van der Waals surface area contributed by atoms with Crippen molar-refractivity contribution in [3.63, 3.8) is 0 Å². The zero-order valence-electron chi connectivity index (χ0n) is 24.3. The number of ether oxygens (including phenoxy) is 2. The van der Waals surface area contributed by atoms with Crippen LogP contribution in [0.3, 0.4) is 0 Å². The van der Waals surface area contributed by atoms with Gasteiger partial charge in [-0.2, -0.15) is 0 Å². The number of amides is 4. The fourth-order valence-electron chi connectivity index (χ4n) is 4.71. The first-order valence-corrected chi connectivity index (χ1v) is 14.4. The third-order valence-corrected chi connectivity index (χ3v) is 7.53. The molecule has 0 atom stereocenters. The first kappa shape index (κ1) is 30.8. The quantitative estimate of drug-likeness (QED) is 0.270. The highest BCUT2D eigenvalue weighted by atomic mass is 19.1. The number of urea groups is 1. The number of morpholine rings is 1. The van der Waals surface area contributed by atoms with Crippen LogP contribution in [0.4, 0.5) is 30.8 Å². The maximum Gasteiger partial charge on any atom is 0.322 e. The first-order valence-electron chi connectivity index (χ1n) is 14.4. The number of nitrogens with zero attached hydrogens (tertiary/aromatic N) is 3. The van der Waals surface area contributed by atoms with Gasteiger partial charge in [0.15, 0.2) is 0 Å². The van der Waals surface area contributed by atoms with E-state index in [9.17, 15) is 23.2 Å². The molecule has 11 nitrogen and oxygen atoms in total. The van der Waals surface area contributed by atoms with Crippen LogP contribution in [0.2, 0.25) is 0 Å². The number of carbonyl (C=O) groups excluding carboxylic acids is 3. The number of hydrogen-bond donors (Lipinski definition) is 3. The van der Waals surface area contributed by atoms with Crippen LogP contribution >= 0.6 is 0 Å². The van der Waals surface area contributed by atoms with Crippen molar-refractivity contribution in [3.8, 4) is 11.5 Å². The summed E-state index contributed by atoms with van der Waals surface area (Å²) in [5.74, 6) is -1.64. The molecular weight excluding hydrogens is 574 g/mol. The van der Waals surface area contributed by atoms with E-state index in [0.717, 1.165) is 45.3 Å². The van der Waals surface area contributed by atoms with Crippen LogP contribution < -0.4 is 20.7 Å². The predicted molar refractivity (Wildman–Crippen MR) is 160 cm³/mol. The highest BCUT2D eigenvalue weighted by molar-refractivity contribution is 6.16. The number of anilines is 3. The monoisotopic (exact) mass is 608 g/mol. The van der Waals surface area contributed by atoms with Gasteiger partial charge in [-0.25, -0.2) is 18.6 Å². The Morgan fingerprint density at radius 3 is 2.36 bits per heavy atom. The number of hydrogen-bond acceptors (Lipinski definition) is 7. The van der Waals surface area contributed by atoms with E-state index < -0.39 is 28.9 Å². The normalized spacial score (nSPS) is 15.6. The second-order valence-electron chi connectivity index (χ2n) is 10.8. The van der Waals surface area contributed by atoms with Gasteiger partial charge in [-0.1, -0.05) is 0 Å². The molecule has 2 aromatic carbocycles. The van der Waals surface area contributed by atoms with E-state index in [1.54, 1.807) is 18.0 Å². The van der Waals surface area contributed by atoms with E-state index in [2.05, 4.69) is 25.8 Å². The maximum atomic E-state index is 15.0. The van der Waals surface area contributed by atoms with Gasteiger partial charge < -0.3 is 25.0 Å². The van der Waals surface area contributed by atoms with Crippen molar-refractivity contribution in [1.82, 2.24) is 14.8 Å². The summed E-state index contributed by atoms with van der Waals surface area (Å²) in [5.41, 5.74) is -1.08. The third kappa shape index (κ3) is 7.85. The Labute approximate surface area is 253 Å². The first-order chi connectivity index (χ1) is 21.2. The Morgan fingerprint density at radius 1 is 0.955 bits per heavy atom. The van der Waals surface area contributed by atoms with Gasteiger partial charge in [0.2, 0.25) is 11.8 Å². The molecule has 5 rings (SSSR count). The minimum Gasteiger partial charge on any atom is -0.457 e. The lowest BCUT2D eigenvalue weighted by atomic mass is 10.0. The highest BCUT2D eigenvalue weighted by Gasteiger charge is 2.56. The largest absolute Gasteiger partial charge is 0.457 e. The van der Waals surface area contributed by atoms with Crippen molar-refractivity contribution in [1.29, 1.82) is 0 Å². The molecule has 2 aliphatic rings. The molecule has 0 unspecified atom stereocenters. The number of benzene rings is 2. The molecule has 2 fully saturated rings. The molecule has 3 N–H and O–H groups in total. The molecule has 0 bridgehead atoms. The summed E-state index contributed by atoms with van der Waals surface area (Å²) in [7, 11) is 1.71. The fraction of sp³-hybridized carbons (Fsp3) is 0.355. The lowest BCUT2D eigenvalue weighted by molar-refractivity contribution is -0.131. The topological polar surface area (TPSA) is 125 Å². The van der Waals surface area contributed by atoms with Crippen LogP contribution in [-0.2, 0) is 14.3 Å². The van der Waals surface area contributed by atoms with Crippen molar-refractivity contribution < 1.29 is 32.6 Å². The van der Waals surface area contributed by atoms with Crippen LogP contribution in [-0.4, -0.2) is 79.1 Å². The van der Waals surface area contributed by atoms with Crippen molar-refractivity contribution in [3.05, 3.63) is 72.4 Å². The van der Waals surface area contributed by atoms with Gasteiger partial charge in [0.1, 0.15) is 34.4 Å². The molecule has 3 aromatic rings. The molecule has 232 valence electrons. The van der Waals surface area contributed by atoms with Crippen LogP contribution in [0.25, 0.3) is 0 Å². The Kier molecular flexibility index (Phi) is 9.65. The minimum absolute atomic E-state index is 0.109. The Bertz CT molecular complexity index is 1500. The lowest BCUT2D eigenvalue weighted by Gasteiger charge is -2.27. The van der Waals surface area contributed by atoms with Crippen LogP contribution in [0, 0.1) is 17.0 Å². The second-order valence-corrected chi connectivity index (χ2v) is 10.8. The summed E-state index contributed by atoms with van der Waals surface area (Å²) in [5, 5.41) is 7.84. The van der Waals surface area contributed by atoms with Crippen LogP contribution in [0.1, 0.15) is 19.3 Å². The summed E-state index contributed by atoms with van der Waals surface area (Å²) >= 11 is 0. The van der Waals surface area contributed by atoms with E-state index in [0.29, 0.717) is 30.8 Å². The average molecular weight is 609 g/mol. The molecule has 0 spiro atoms. The average Bonchev–Trinajstić information content (AvgIpc) is 3.83. The van der Waals surface area contributed by atoms with Crippen molar-refractivity contribution in [2.24, 2.45) is 5.41 Å². The van der Waals surface area contributed by atoms with Gasteiger partial charge >= 0.3 is 6.03 Å². The van der Waals surface area contributed by atoms with E-state index in [1.165, 1.54) is 48.7 Å². The van der Waals surface area contributed by atoms with Gasteiger partial charge in [0, 0.05) is 57.2 Å². The zero-order chi connectivity index (χ0) is 31.1. The summed E-state index contributed by atoms with van der Waals surface area (Å²) < 4.78 is 39.2. The highest BCUT2D eigenvalue weighted by Crippen LogP contribution is 2.47. The summed E-state index contributed by atoms with van der Waals surface area (Å²) in [6.07, 6.45) is 2.90. The maximum absolute atomic E-state index is 15.0. The molecule has 13 heteroatoms. The molecule has 0 radical (unpaired) electrons. The van der Waals surface area contributed by atoms with E-state index in [4.69, 9.17) is 9.47 Å². The molecule has 1 saturated heterocycles. The molecule has 1 saturated carbocycles. The van der Waals surface area contributed by atoms with Gasteiger partial charge in [-0.05, 0) is 61.7 Å². The number of halogens is 2. The molecule has 4 amide bonds. The molecule has 1 aliphatic carbocycles. The lowest BCUT2D eigenvalue weighted by Crippen LogP contribution is -2.39. The van der Waals surface area contributed by atoms with Crippen molar-refractivity contribution in [2.45, 2.75) is 19.3 Å². The molecule has 1 aliphatic heterocycles. The van der Waals surface area contributed by atoms with Gasteiger partial charge in [-0.3, -0.25) is 19.8 Å². The Hall–Kier alpha value is -4.62. The van der Waals surface area contributed by atoms with Gasteiger partial charge in [0.05, 0.1) is 18.9 Å². The predicted octanol–water partition coefficient (Wildman–Crippen LogP) is 4.70. The van der Waals surface area contributed by atoms with Crippen LogP contribution in [0.5, 0.6) is 11.5 Å². The summed E-state index contributed by atoms with van der Waals surface area (Å²) in [6.45, 7) is 4.71. The van der Waals surface area contributed by atoms with E-state index >= 15 is 0 Å². The smallest absolute Gasteiger partial charge is 0.322 e. The van der Waals surface area contributed by atoms with E-state index in [1.807, 2.05) is 0 Å². The fourth-order valence-corrected chi connectivity index (χ4v) is 4.71. The third-order valence-electron chi connectivity index (χ3n) is 7.53. The van der Waals surface area contributed by atoms with Crippen molar-refractivity contribution >= 4 is 35.0 Å². The van der Waals surface area contributed by atoms with Crippen molar-refractivity contribution in [2.75, 3.05) is 62.4 Å². The number of nitrogens with one attached hydrogen (secondary N) is 3. The standard InChI is InChI=1S/C31H34F2N6O5/c1-38(13-2-14-39-15-17-43-18-16-39)30(42)37-27-20-24(9-12-34-27)44-23-7-8-26(25(33)19-23)36-29(41)31(10-11-31)28(40)35-22-5-3-21(32)4-6-22/h3-9,12,19-20H,2,10-11,13-18H2,1H3,(H,35,40)(H,36,41)(H,34,37,42). The Balaban J connectivity index is 1.12. The minimum atomic E-state index is -1.33. The molecule has 1 aromatic heterocycles. The summed E-state index contributed by atoms with van der Waals surface area (Å²) in [6, 6.07) is 11.9. The Morgan fingerprint density at radius 2 is 1.66 bits per heavy atom. The van der Waals surface area contributed by atoms with E-state index in [-0.39, 0.29) is 23.3 Å². The van der Waals surface area contributed by atoms with Gasteiger partial charge in [0.25, 0.3) is 0 Å². The molecule has 2 heterocycles. The number of rotatable bonds is 11. The molecule has 44 heavy (non-hydrogen) atoms. The SMILES string of the molecule is CN(CCCN1CCOCC1)C(=O)Nc1cc(Oc2ccc(NC(=O)C3(C(=O)Nc4ccc(F)cc4)CC3)c(F)c2)ccn1. The number of pyridine rings is 1. The second kappa shape index (κ2) is 13.8. The van der Waals surface area contributed by atoms with Gasteiger partial charge in [-0.15, -0.1) is 0 Å². The summed E-state index contributed by atoms with van der Waals surface area (Å²) in [4.78, 5) is 46.4. The number of aromatic nitrogens is 1. The molecular formula is C31H34F2N6O5. The van der Waals surface area contributed by atoms with Crippen LogP contribution in [0.15, 0.2) is 60.8 Å². The zero-order valence-corrected chi connectivity index (χ0v) is 24.3. The number of carbonyl (C=O) groups is 3.